The van der Waals surface area contributed by atoms with Gasteiger partial charge in [0.1, 0.15) is 5.75 Å². The summed E-state index contributed by atoms with van der Waals surface area (Å²) in [5, 5.41) is 0.662. The van der Waals surface area contributed by atoms with Crippen LogP contribution in [-0.4, -0.2) is 56.4 Å². The second-order valence-corrected chi connectivity index (χ2v) is 9.02. The quantitative estimate of drug-likeness (QED) is 0.362. The van der Waals surface area contributed by atoms with Crippen molar-refractivity contribution < 1.29 is 19.0 Å². The van der Waals surface area contributed by atoms with E-state index in [-0.39, 0.29) is 25.1 Å². The van der Waals surface area contributed by atoms with Gasteiger partial charge in [0.2, 0.25) is 6.79 Å². The van der Waals surface area contributed by atoms with Gasteiger partial charge in [-0.15, -0.1) is 12.4 Å². The van der Waals surface area contributed by atoms with Gasteiger partial charge in [-0.2, -0.15) is 0 Å². The maximum atomic E-state index is 13.4. The molecule has 3 aromatic rings. The Morgan fingerprint density at radius 3 is 2.52 bits per heavy atom. The Morgan fingerprint density at radius 2 is 1.82 bits per heavy atom. The molecule has 1 aromatic heterocycles. The Hall–Kier alpha value is -2.55. The molecule has 0 atom stereocenters. The highest BCUT2D eigenvalue weighted by Gasteiger charge is 2.23. The normalized spacial score (nSPS) is 12.1. The van der Waals surface area contributed by atoms with Crippen molar-refractivity contribution in [2.45, 2.75) is 26.2 Å². The number of likely N-dealkylation sites (N-methyl/N-ethyl adjacent to an activating group) is 1. The third-order valence-electron chi connectivity index (χ3n) is 5.24. The summed E-state index contributed by atoms with van der Waals surface area (Å²) in [6, 6.07) is 11.2. The van der Waals surface area contributed by atoms with Crippen LogP contribution >= 0.6 is 23.7 Å². The molecule has 178 valence electrons. The SMILES string of the molecule is CCCCCOc1ccc(C(=O)N(CCN(C)C)c2nc3cc4c(cc3s2)OCO4)cc1.Cl. The van der Waals surface area contributed by atoms with Gasteiger partial charge in [-0.05, 0) is 44.8 Å². The van der Waals surface area contributed by atoms with Crippen LogP contribution in [0, 0.1) is 0 Å². The van der Waals surface area contributed by atoms with Crippen LogP contribution < -0.4 is 19.1 Å². The summed E-state index contributed by atoms with van der Waals surface area (Å²) in [5.74, 6) is 2.11. The number of carbonyl (C=O) groups excluding carboxylic acids is 1. The van der Waals surface area contributed by atoms with Gasteiger partial charge in [0, 0.05) is 30.8 Å². The second kappa shape index (κ2) is 11.5. The first-order chi connectivity index (χ1) is 15.5. The Labute approximate surface area is 204 Å². The fraction of sp³-hybridized carbons (Fsp3) is 0.417. The number of amides is 1. The number of carbonyl (C=O) groups is 1. The standard InChI is InChI=1S/C24H29N3O4S.ClH/c1-4-5-6-13-29-18-9-7-17(8-10-18)23(28)27(12-11-26(2)3)24-25-19-14-20-21(31-16-30-20)15-22(19)32-24;/h7-10,14-15H,4-6,11-13,16H2,1-3H3;1H. The zero-order valence-corrected chi connectivity index (χ0v) is 20.8. The molecule has 0 fully saturated rings. The van der Waals surface area contributed by atoms with Crippen LogP contribution in [0.3, 0.4) is 0 Å². The van der Waals surface area contributed by atoms with Crippen LogP contribution in [0.1, 0.15) is 36.5 Å². The van der Waals surface area contributed by atoms with Gasteiger partial charge >= 0.3 is 0 Å². The lowest BCUT2D eigenvalue weighted by atomic mass is 10.2. The fourth-order valence-corrected chi connectivity index (χ4v) is 4.40. The largest absolute Gasteiger partial charge is 0.494 e. The number of aromatic nitrogens is 1. The number of nitrogens with zero attached hydrogens (tertiary/aromatic N) is 3. The van der Waals surface area contributed by atoms with Crippen molar-refractivity contribution in [3.05, 3.63) is 42.0 Å². The molecule has 2 heterocycles. The van der Waals surface area contributed by atoms with Crippen molar-refractivity contribution in [2.24, 2.45) is 0 Å². The third-order valence-corrected chi connectivity index (χ3v) is 6.28. The number of anilines is 1. The van der Waals surface area contributed by atoms with Crippen molar-refractivity contribution in [1.82, 2.24) is 9.88 Å². The summed E-state index contributed by atoms with van der Waals surface area (Å²) in [4.78, 5) is 22.0. The molecule has 33 heavy (non-hydrogen) atoms. The summed E-state index contributed by atoms with van der Waals surface area (Å²) in [5.41, 5.74) is 1.41. The molecular weight excluding hydrogens is 462 g/mol. The molecule has 0 bridgehead atoms. The molecule has 0 radical (unpaired) electrons. The molecule has 2 aromatic carbocycles. The molecule has 0 saturated heterocycles. The van der Waals surface area contributed by atoms with Gasteiger partial charge in [-0.25, -0.2) is 4.98 Å². The molecule has 4 rings (SSSR count). The molecule has 9 heteroatoms. The number of thiazole rings is 1. The summed E-state index contributed by atoms with van der Waals surface area (Å²) in [7, 11) is 3.98. The van der Waals surface area contributed by atoms with Gasteiger partial charge in [0.05, 0.1) is 16.8 Å². The van der Waals surface area contributed by atoms with E-state index in [9.17, 15) is 4.79 Å². The van der Waals surface area contributed by atoms with Crippen LogP contribution in [0.25, 0.3) is 10.2 Å². The number of halogens is 1. The van der Waals surface area contributed by atoms with E-state index in [4.69, 9.17) is 19.2 Å². The van der Waals surface area contributed by atoms with E-state index >= 15 is 0 Å². The van der Waals surface area contributed by atoms with Crippen molar-refractivity contribution in [3.8, 4) is 17.2 Å². The number of rotatable bonds is 10. The Morgan fingerprint density at radius 1 is 1.09 bits per heavy atom. The smallest absolute Gasteiger partial charge is 0.260 e. The van der Waals surface area contributed by atoms with E-state index in [0.717, 1.165) is 41.8 Å². The van der Waals surface area contributed by atoms with E-state index in [2.05, 4.69) is 11.8 Å². The molecule has 7 nitrogen and oxygen atoms in total. The minimum Gasteiger partial charge on any atom is -0.494 e. The van der Waals surface area contributed by atoms with Crippen molar-refractivity contribution in [2.75, 3.05) is 45.5 Å². The zero-order chi connectivity index (χ0) is 22.5. The van der Waals surface area contributed by atoms with Crippen LogP contribution in [0.5, 0.6) is 17.2 Å². The first kappa shape index (κ1) is 25.1. The van der Waals surface area contributed by atoms with Gasteiger partial charge in [0.25, 0.3) is 5.91 Å². The van der Waals surface area contributed by atoms with E-state index < -0.39 is 0 Å². The summed E-state index contributed by atoms with van der Waals surface area (Å²) >= 11 is 1.48. The average molecular weight is 492 g/mol. The van der Waals surface area contributed by atoms with Crippen LogP contribution in [0.4, 0.5) is 5.13 Å². The second-order valence-electron chi connectivity index (χ2n) is 8.01. The molecule has 0 unspecified atom stereocenters. The van der Waals surface area contributed by atoms with Crippen molar-refractivity contribution >= 4 is 45.0 Å². The predicted octanol–water partition coefficient (Wildman–Crippen LogP) is 5.22. The molecule has 1 aliphatic rings. The lowest BCUT2D eigenvalue weighted by molar-refractivity contribution is 0.0985. The molecule has 1 amide bonds. The minimum atomic E-state index is -0.0801. The van der Waals surface area contributed by atoms with Crippen LogP contribution in [0.2, 0.25) is 0 Å². The maximum Gasteiger partial charge on any atom is 0.260 e. The number of hydrogen-bond donors (Lipinski definition) is 0. The Kier molecular flexibility index (Phi) is 8.77. The molecule has 0 aliphatic carbocycles. The molecule has 0 spiro atoms. The van der Waals surface area contributed by atoms with E-state index in [1.807, 2.05) is 50.5 Å². The van der Waals surface area contributed by atoms with Gasteiger partial charge in [0.15, 0.2) is 16.6 Å². The first-order valence-corrected chi connectivity index (χ1v) is 11.8. The Bertz CT molecular complexity index is 1030. The highest BCUT2D eigenvalue weighted by Crippen LogP contribution is 2.40. The number of ether oxygens (including phenoxy) is 3. The van der Waals surface area contributed by atoms with Crippen LogP contribution in [0.15, 0.2) is 36.4 Å². The fourth-order valence-electron chi connectivity index (χ4n) is 3.40. The minimum absolute atomic E-state index is 0. The summed E-state index contributed by atoms with van der Waals surface area (Å²) in [6.45, 7) is 4.35. The molecule has 1 aliphatic heterocycles. The van der Waals surface area contributed by atoms with Gasteiger partial charge < -0.3 is 19.1 Å². The highest BCUT2D eigenvalue weighted by molar-refractivity contribution is 7.22. The predicted molar refractivity (Wildman–Crippen MR) is 135 cm³/mol. The highest BCUT2D eigenvalue weighted by atomic mass is 35.5. The lowest BCUT2D eigenvalue weighted by Gasteiger charge is -2.22. The molecular formula is C24H30ClN3O4S. The van der Waals surface area contributed by atoms with Crippen LogP contribution in [-0.2, 0) is 0 Å². The monoisotopic (exact) mass is 491 g/mol. The average Bonchev–Trinajstić information content (AvgIpc) is 3.41. The van der Waals surface area contributed by atoms with E-state index in [0.29, 0.717) is 35.3 Å². The number of unbranched alkanes of at least 4 members (excludes halogenated alkanes) is 2. The first-order valence-electron chi connectivity index (χ1n) is 10.9. The number of fused-ring (bicyclic) bond motifs is 2. The maximum absolute atomic E-state index is 13.4. The van der Waals surface area contributed by atoms with Crippen molar-refractivity contribution in [3.63, 3.8) is 0 Å². The third kappa shape index (κ3) is 6.07. The van der Waals surface area contributed by atoms with Gasteiger partial charge in [-0.1, -0.05) is 31.1 Å². The molecule has 0 saturated carbocycles. The zero-order valence-electron chi connectivity index (χ0n) is 19.2. The van der Waals surface area contributed by atoms with Gasteiger partial charge in [-0.3, -0.25) is 9.69 Å². The topological polar surface area (TPSA) is 64.1 Å². The number of hydrogen-bond acceptors (Lipinski definition) is 7. The molecule has 0 N–H and O–H groups in total. The Balaban J connectivity index is 0.00000306. The van der Waals surface area contributed by atoms with Crippen molar-refractivity contribution in [1.29, 1.82) is 0 Å². The van der Waals surface area contributed by atoms with E-state index in [1.165, 1.54) is 11.3 Å². The number of benzene rings is 2. The summed E-state index contributed by atoms with van der Waals surface area (Å²) < 4.78 is 17.7. The summed E-state index contributed by atoms with van der Waals surface area (Å²) in [6.07, 6.45) is 3.35. The van der Waals surface area contributed by atoms with E-state index in [1.54, 1.807) is 4.90 Å². The lowest BCUT2D eigenvalue weighted by Crippen LogP contribution is -2.36.